The van der Waals surface area contributed by atoms with Crippen molar-refractivity contribution in [1.29, 1.82) is 0 Å². The van der Waals surface area contributed by atoms with Gasteiger partial charge >= 0.3 is 0 Å². The third-order valence-corrected chi connectivity index (χ3v) is 6.48. The first kappa shape index (κ1) is 18.7. The molecule has 1 heterocycles. The van der Waals surface area contributed by atoms with Crippen molar-refractivity contribution in [3.8, 4) is 0 Å². The zero-order chi connectivity index (χ0) is 19.5. The highest BCUT2D eigenvalue weighted by Crippen LogP contribution is 2.35. The minimum Gasteiger partial charge on any atom is -0.344 e. The van der Waals surface area contributed by atoms with Gasteiger partial charge in [-0.15, -0.1) is 11.3 Å². The van der Waals surface area contributed by atoms with Crippen LogP contribution in [0.25, 0.3) is 10.1 Å². The van der Waals surface area contributed by atoms with E-state index in [1.807, 2.05) is 54.6 Å². The topological polar surface area (TPSA) is 29.1 Å². The lowest BCUT2D eigenvalue weighted by atomic mass is 9.98. The summed E-state index contributed by atoms with van der Waals surface area (Å²) >= 11 is 7.94. The summed E-state index contributed by atoms with van der Waals surface area (Å²) in [5, 5.41) is 4.65. The van der Waals surface area contributed by atoms with Gasteiger partial charge in [-0.25, -0.2) is 0 Å². The number of carbonyl (C=O) groups is 1. The highest BCUT2D eigenvalue weighted by atomic mass is 35.5. The van der Waals surface area contributed by atoms with Crippen LogP contribution in [0.15, 0.2) is 78.9 Å². The molecule has 0 bridgehead atoms. The minimum atomic E-state index is -0.132. The van der Waals surface area contributed by atoms with Crippen molar-refractivity contribution < 1.29 is 4.79 Å². The lowest BCUT2D eigenvalue weighted by molar-refractivity contribution is 0.0941. The zero-order valence-corrected chi connectivity index (χ0v) is 17.1. The summed E-state index contributed by atoms with van der Waals surface area (Å²) < 4.78 is 1.02. The summed E-state index contributed by atoms with van der Waals surface area (Å²) in [5.74, 6) is -0.132. The first-order chi connectivity index (χ1) is 13.6. The predicted octanol–water partition coefficient (Wildman–Crippen LogP) is 6.58. The van der Waals surface area contributed by atoms with Crippen LogP contribution in [-0.4, -0.2) is 5.91 Å². The van der Waals surface area contributed by atoms with Gasteiger partial charge in [0.2, 0.25) is 0 Å². The average Bonchev–Trinajstić information content (AvgIpc) is 3.07. The molecule has 0 aliphatic carbocycles. The van der Waals surface area contributed by atoms with E-state index in [9.17, 15) is 4.79 Å². The van der Waals surface area contributed by atoms with Gasteiger partial charge in [-0.2, -0.15) is 0 Å². The van der Waals surface area contributed by atoms with E-state index in [1.54, 1.807) is 0 Å². The highest BCUT2D eigenvalue weighted by Gasteiger charge is 2.21. The third kappa shape index (κ3) is 3.96. The molecule has 140 valence electrons. The molecule has 4 heteroatoms. The summed E-state index contributed by atoms with van der Waals surface area (Å²) in [6.45, 7) is 2.07. The maximum Gasteiger partial charge on any atom is 0.263 e. The fourth-order valence-electron chi connectivity index (χ4n) is 3.28. The molecule has 4 aromatic rings. The quantitative estimate of drug-likeness (QED) is 0.399. The van der Waals surface area contributed by atoms with Gasteiger partial charge in [0.1, 0.15) is 4.88 Å². The molecular formula is C24H20ClNOS. The smallest absolute Gasteiger partial charge is 0.263 e. The molecule has 0 unspecified atom stereocenters. The molecule has 3 aromatic carbocycles. The number of carbonyl (C=O) groups excluding carboxylic acids is 1. The standard InChI is InChI=1S/C24H20ClNOS/c1-16-11-13-17(14-12-16)15-20(18-7-3-2-4-8-18)26-24(27)23-22(25)19-9-5-6-10-21(19)28-23/h2-14,20H,15H2,1H3,(H,26,27)/t20-/m1/s1. The molecule has 0 spiro atoms. The summed E-state index contributed by atoms with van der Waals surface area (Å²) in [5.41, 5.74) is 3.48. The number of halogens is 1. The van der Waals surface area contributed by atoms with Crippen molar-refractivity contribution in [2.24, 2.45) is 0 Å². The first-order valence-corrected chi connectivity index (χ1v) is 10.4. The lowest BCUT2D eigenvalue weighted by Gasteiger charge is -2.19. The van der Waals surface area contributed by atoms with E-state index >= 15 is 0 Å². The van der Waals surface area contributed by atoms with Crippen molar-refractivity contribution in [2.75, 3.05) is 0 Å². The van der Waals surface area contributed by atoms with Crippen molar-refractivity contribution >= 4 is 38.9 Å². The molecule has 0 saturated heterocycles. The largest absolute Gasteiger partial charge is 0.344 e. The Kier molecular flexibility index (Phi) is 5.47. The van der Waals surface area contributed by atoms with Crippen molar-refractivity contribution in [3.63, 3.8) is 0 Å². The van der Waals surface area contributed by atoms with Crippen LogP contribution in [0.3, 0.4) is 0 Å². The fourth-order valence-corrected chi connectivity index (χ4v) is 4.70. The first-order valence-electron chi connectivity index (χ1n) is 9.20. The van der Waals surface area contributed by atoms with E-state index in [4.69, 9.17) is 11.6 Å². The van der Waals surface area contributed by atoms with Gasteiger partial charge in [0.05, 0.1) is 11.1 Å². The van der Waals surface area contributed by atoms with Crippen LogP contribution in [0.5, 0.6) is 0 Å². The number of nitrogens with one attached hydrogen (secondary N) is 1. The van der Waals surface area contributed by atoms with Gasteiger partial charge in [-0.1, -0.05) is 90.0 Å². The Labute approximate surface area is 173 Å². The molecule has 0 aliphatic heterocycles. The van der Waals surface area contributed by atoms with E-state index in [1.165, 1.54) is 22.5 Å². The molecule has 1 aromatic heterocycles. The highest BCUT2D eigenvalue weighted by molar-refractivity contribution is 7.21. The van der Waals surface area contributed by atoms with Crippen molar-refractivity contribution in [1.82, 2.24) is 5.32 Å². The van der Waals surface area contributed by atoms with Gasteiger partial charge in [0, 0.05) is 10.1 Å². The van der Waals surface area contributed by atoms with E-state index in [2.05, 4.69) is 36.5 Å². The van der Waals surface area contributed by atoms with Gasteiger partial charge in [-0.05, 0) is 30.5 Å². The Balaban J connectivity index is 1.63. The van der Waals surface area contributed by atoms with Crippen LogP contribution in [0.4, 0.5) is 0 Å². The van der Waals surface area contributed by atoms with Gasteiger partial charge in [0.15, 0.2) is 0 Å². The number of rotatable bonds is 5. The average molecular weight is 406 g/mol. The SMILES string of the molecule is Cc1ccc(C[C@@H](NC(=O)c2sc3ccccc3c2Cl)c2ccccc2)cc1. The second-order valence-corrected chi connectivity index (χ2v) is 8.30. The molecule has 2 nitrogen and oxygen atoms in total. The lowest BCUT2D eigenvalue weighted by Crippen LogP contribution is -2.29. The molecule has 0 saturated carbocycles. The second kappa shape index (κ2) is 8.17. The molecule has 0 radical (unpaired) electrons. The number of hydrogen-bond acceptors (Lipinski definition) is 2. The number of thiophene rings is 1. The van der Waals surface area contributed by atoms with Crippen LogP contribution in [0.2, 0.25) is 5.02 Å². The molecule has 1 amide bonds. The molecule has 1 atom stereocenters. The summed E-state index contributed by atoms with van der Waals surface area (Å²) in [4.78, 5) is 13.6. The van der Waals surface area contributed by atoms with Crippen LogP contribution in [0, 0.1) is 6.92 Å². The number of aryl methyl sites for hydroxylation is 1. The minimum absolute atomic E-state index is 0.127. The molecular weight excluding hydrogens is 386 g/mol. The molecule has 0 fully saturated rings. The van der Waals surface area contributed by atoms with Crippen LogP contribution in [-0.2, 0) is 6.42 Å². The normalized spacial score (nSPS) is 12.1. The van der Waals surface area contributed by atoms with Gasteiger partial charge < -0.3 is 5.32 Å². The predicted molar refractivity (Wildman–Crippen MR) is 118 cm³/mol. The molecule has 4 rings (SSSR count). The van der Waals surface area contributed by atoms with Crippen LogP contribution < -0.4 is 5.32 Å². The maximum absolute atomic E-state index is 13.1. The molecule has 28 heavy (non-hydrogen) atoms. The maximum atomic E-state index is 13.1. The Bertz CT molecular complexity index is 1100. The Morgan fingerprint density at radius 3 is 2.36 bits per heavy atom. The summed E-state index contributed by atoms with van der Waals surface area (Å²) in [6.07, 6.45) is 0.721. The molecule has 1 N–H and O–H groups in total. The number of benzene rings is 3. The number of fused-ring (bicyclic) bond motifs is 1. The van der Waals surface area contributed by atoms with E-state index in [0.717, 1.165) is 22.1 Å². The third-order valence-electron chi connectivity index (χ3n) is 4.81. The fraction of sp³-hybridized carbons (Fsp3) is 0.125. The van der Waals surface area contributed by atoms with E-state index < -0.39 is 0 Å². The summed E-state index contributed by atoms with van der Waals surface area (Å²) in [7, 11) is 0. The Hall–Kier alpha value is -2.62. The van der Waals surface area contributed by atoms with Crippen LogP contribution in [0.1, 0.15) is 32.4 Å². The second-order valence-electron chi connectivity index (χ2n) is 6.87. The van der Waals surface area contributed by atoms with E-state index in [-0.39, 0.29) is 11.9 Å². The number of hydrogen-bond donors (Lipinski definition) is 1. The van der Waals surface area contributed by atoms with E-state index in [0.29, 0.717) is 9.90 Å². The monoisotopic (exact) mass is 405 g/mol. The van der Waals surface area contributed by atoms with Crippen molar-refractivity contribution in [3.05, 3.63) is 105 Å². The molecule has 0 aliphatic rings. The Morgan fingerprint density at radius 2 is 1.64 bits per heavy atom. The van der Waals surface area contributed by atoms with Crippen LogP contribution >= 0.6 is 22.9 Å². The van der Waals surface area contributed by atoms with Gasteiger partial charge in [-0.3, -0.25) is 4.79 Å². The number of amides is 1. The zero-order valence-electron chi connectivity index (χ0n) is 15.5. The Morgan fingerprint density at radius 1 is 0.964 bits per heavy atom. The van der Waals surface area contributed by atoms with Crippen molar-refractivity contribution in [2.45, 2.75) is 19.4 Å². The van der Waals surface area contributed by atoms with Gasteiger partial charge in [0.25, 0.3) is 5.91 Å². The summed E-state index contributed by atoms with van der Waals surface area (Å²) in [6, 6.07) is 26.2.